The second-order valence-electron chi connectivity index (χ2n) is 3.66. The molecule has 0 aromatic heterocycles. The van der Waals surface area contributed by atoms with E-state index in [2.05, 4.69) is 5.32 Å². The topological polar surface area (TPSA) is 108 Å². The van der Waals surface area contributed by atoms with Crippen LogP contribution in [0, 0.1) is 0 Å². The lowest BCUT2D eigenvalue weighted by Crippen LogP contribution is -2.64. The molecule has 0 radical (unpaired) electrons. The highest BCUT2D eigenvalue weighted by Gasteiger charge is 2.45. The molecule has 1 aliphatic rings. The number of aliphatic hydroxyl groups is 3. The third kappa shape index (κ3) is 2.69. The van der Waals surface area contributed by atoms with E-state index >= 15 is 0 Å². The summed E-state index contributed by atoms with van der Waals surface area (Å²) in [5.74, 6) is -0.371. The van der Waals surface area contributed by atoms with E-state index in [1.54, 1.807) is 0 Å². The van der Waals surface area contributed by atoms with Gasteiger partial charge in [-0.05, 0) is 0 Å². The summed E-state index contributed by atoms with van der Waals surface area (Å²) in [6, 6.07) is -0.861. The summed E-state index contributed by atoms with van der Waals surface area (Å²) in [7, 11) is 1.34. The maximum atomic E-state index is 10.9. The molecule has 0 aromatic carbocycles. The van der Waals surface area contributed by atoms with Gasteiger partial charge in [-0.1, -0.05) is 0 Å². The molecule has 1 aliphatic heterocycles. The van der Waals surface area contributed by atoms with Gasteiger partial charge >= 0.3 is 0 Å². The molecule has 1 amide bonds. The molecule has 94 valence electrons. The Morgan fingerprint density at radius 3 is 2.56 bits per heavy atom. The number of ether oxygens (including phenoxy) is 2. The Morgan fingerprint density at radius 2 is 2.12 bits per heavy atom. The van der Waals surface area contributed by atoms with Gasteiger partial charge in [0.2, 0.25) is 5.91 Å². The number of amides is 1. The first-order valence-corrected chi connectivity index (χ1v) is 4.93. The van der Waals surface area contributed by atoms with E-state index < -0.39 is 37.3 Å². The minimum Gasteiger partial charge on any atom is -0.394 e. The Hall–Kier alpha value is -0.730. The number of aliphatic hydroxyl groups excluding tert-OH is 3. The molecule has 0 spiro atoms. The highest BCUT2D eigenvalue weighted by Crippen LogP contribution is 2.21. The van der Waals surface area contributed by atoms with Crippen molar-refractivity contribution in [1.82, 2.24) is 5.32 Å². The van der Waals surface area contributed by atoms with Crippen LogP contribution in [-0.2, 0) is 14.3 Å². The van der Waals surface area contributed by atoms with Crippen molar-refractivity contribution in [3.63, 3.8) is 0 Å². The Kier molecular flexibility index (Phi) is 4.63. The van der Waals surface area contributed by atoms with E-state index in [0.717, 1.165) is 0 Å². The van der Waals surface area contributed by atoms with Crippen LogP contribution in [-0.4, -0.2) is 65.6 Å². The third-order valence-corrected chi connectivity index (χ3v) is 2.51. The number of nitrogens with one attached hydrogen (secondary N) is 1. The highest BCUT2D eigenvalue weighted by atomic mass is 16.6. The zero-order chi connectivity index (χ0) is 12.3. The van der Waals surface area contributed by atoms with Gasteiger partial charge < -0.3 is 30.1 Å². The van der Waals surface area contributed by atoms with Crippen molar-refractivity contribution >= 4 is 5.91 Å². The fourth-order valence-corrected chi connectivity index (χ4v) is 1.76. The Balaban J connectivity index is 2.78. The number of hydrogen-bond donors (Lipinski definition) is 4. The highest BCUT2D eigenvalue weighted by molar-refractivity contribution is 5.73. The van der Waals surface area contributed by atoms with Crippen LogP contribution in [0.3, 0.4) is 0 Å². The molecule has 16 heavy (non-hydrogen) atoms. The molecule has 7 nitrogen and oxygen atoms in total. The first kappa shape index (κ1) is 13.3. The lowest BCUT2D eigenvalue weighted by molar-refractivity contribution is -0.258. The van der Waals surface area contributed by atoms with Gasteiger partial charge in [0, 0.05) is 14.0 Å². The van der Waals surface area contributed by atoms with Crippen molar-refractivity contribution in [2.45, 2.75) is 37.6 Å². The lowest BCUT2D eigenvalue weighted by atomic mass is 9.97. The third-order valence-electron chi connectivity index (χ3n) is 2.51. The maximum absolute atomic E-state index is 10.9. The molecule has 1 fully saturated rings. The average Bonchev–Trinajstić information content (AvgIpc) is 2.23. The Labute approximate surface area is 93.0 Å². The quantitative estimate of drug-likeness (QED) is 0.433. The average molecular weight is 235 g/mol. The molecule has 5 atom stereocenters. The van der Waals surface area contributed by atoms with Gasteiger partial charge in [0.25, 0.3) is 0 Å². The monoisotopic (exact) mass is 235 g/mol. The van der Waals surface area contributed by atoms with Crippen LogP contribution in [0.25, 0.3) is 0 Å². The second kappa shape index (κ2) is 5.55. The van der Waals surface area contributed by atoms with Gasteiger partial charge in [0.05, 0.1) is 6.61 Å². The summed E-state index contributed by atoms with van der Waals surface area (Å²) in [6.45, 7) is 0.842. The second-order valence-corrected chi connectivity index (χ2v) is 3.66. The van der Waals surface area contributed by atoms with Crippen LogP contribution in [0.5, 0.6) is 0 Å². The number of carbonyl (C=O) groups is 1. The van der Waals surface area contributed by atoms with Gasteiger partial charge in [-0.25, -0.2) is 0 Å². The molecule has 0 aliphatic carbocycles. The molecule has 0 bridgehead atoms. The summed E-state index contributed by atoms with van der Waals surface area (Å²) in [4.78, 5) is 10.9. The number of methoxy groups -OCH3 is 1. The standard InChI is InChI=1S/C9H17NO6/c1-4(12)10-6-8(15-2)7(13)5(3-11)16-9(6)14/h5-9,11,13-14H,3H2,1-2H3,(H,10,12)/t5-,6+,7-,8-,9?/m1/s1. The molecule has 0 saturated carbocycles. The predicted octanol–water partition coefficient (Wildman–Crippen LogP) is -2.42. The van der Waals surface area contributed by atoms with Crippen LogP contribution in [0.15, 0.2) is 0 Å². The van der Waals surface area contributed by atoms with Crippen molar-refractivity contribution in [1.29, 1.82) is 0 Å². The molecule has 7 heteroatoms. The van der Waals surface area contributed by atoms with Crippen LogP contribution in [0.1, 0.15) is 6.92 Å². The van der Waals surface area contributed by atoms with Crippen LogP contribution < -0.4 is 5.32 Å². The van der Waals surface area contributed by atoms with E-state index in [9.17, 15) is 15.0 Å². The maximum Gasteiger partial charge on any atom is 0.217 e. The van der Waals surface area contributed by atoms with E-state index in [1.807, 2.05) is 0 Å². The van der Waals surface area contributed by atoms with Crippen molar-refractivity contribution in [3.8, 4) is 0 Å². The zero-order valence-corrected chi connectivity index (χ0v) is 9.16. The molecule has 4 N–H and O–H groups in total. The summed E-state index contributed by atoms with van der Waals surface area (Å²) in [6.07, 6.45) is -4.19. The number of carbonyl (C=O) groups excluding carboxylic acids is 1. The number of hydrogen-bond acceptors (Lipinski definition) is 6. The SMILES string of the molecule is CO[C@H]1[C@H](O)[C@@H](CO)OC(O)[C@H]1NC(C)=O. The Bertz CT molecular complexity index is 248. The van der Waals surface area contributed by atoms with Crippen molar-refractivity contribution < 1.29 is 29.6 Å². The van der Waals surface area contributed by atoms with Crippen molar-refractivity contribution in [2.75, 3.05) is 13.7 Å². The number of rotatable bonds is 3. The molecule has 1 rings (SSSR count). The smallest absolute Gasteiger partial charge is 0.217 e. The molecule has 1 heterocycles. The molecular weight excluding hydrogens is 218 g/mol. The molecule has 1 unspecified atom stereocenters. The minimum atomic E-state index is -1.32. The fraction of sp³-hybridized carbons (Fsp3) is 0.889. The molecule has 0 aromatic rings. The minimum absolute atomic E-state index is 0.371. The first-order chi connectivity index (χ1) is 7.51. The van der Waals surface area contributed by atoms with Crippen LogP contribution in [0.4, 0.5) is 0 Å². The van der Waals surface area contributed by atoms with E-state index in [-0.39, 0.29) is 5.91 Å². The molecular formula is C9H17NO6. The van der Waals surface area contributed by atoms with Crippen molar-refractivity contribution in [3.05, 3.63) is 0 Å². The van der Waals surface area contributed by atoms with Crippen molar-refractivity contribution in [2.24, 2.45) is 0 Å². The molecule has 1 saturated heterocycles. The van der Waals surface area contributed by atoms with Gasteiger partial charge in [-0.15, -0.1) is 0 Å². The van der Waals surface area contributed by atoms with Gasteiger partial charge in [0.15, 0.2) is 6.29 Å². The van der Waals surface area contributed by atoms with Gasteiger partial charge in [-0.3, -0.25) is 4.79 Å². The van der Waals surface area contributed by atoms with E-state index in [4.69, 9.17) is 14.6 Å². The van der Waals surface area contributed by atoms with Crippen LogP contribution >= 0.6 is 0 Å². The van der Waals surface area contributed by atoms with Crippen LogP contribution in [0.2, 0.25) is 0 Å². The predicted molar refractivity (Wildman–Crippen MR) is 52.4 cm³/mol. The first-order valence-electron chi connectivity index (χ1n) is 4.93. The van der Waals surface area contributed by atoms with Gasteiger partial charge in [0.1, 0.15) is 24.4 Å². The fourth-order valence-electron chi connectivity index (χ4n) is 1.76. The lowest BCUT2D eigenvalue weighted by Gasteiger charge is -2.41. The van der Waals surface area contributed by atoms with Gasteiger partial charge in [-0.2, -0.15) is 0 Å². The summed E-state index contributed by atoms with van der Waals surface area (Å²) < 4.78 is 9.96. The largest absolute Gasteiger partial charge is 0.394 e. The summed E-state index contributed by atoms with van der Waals surface area (Å²) in [5.41, 5.74) is 0. The normalized spacial score (nSPS) is 39.4. The zero-order valence-electron chi connectivity index (χ0n) is 9.16. The Morgan fingerprint density at radius 1 is 1.50 bits per heavy atom. The summed E-state index contributed by atoms with van der Waals surface area (Å²) in [5, 5.41) is 30.7. The summed E-state index contributed by atoms with van der Waals surface area (Å²) >= 11 is 0. The van der Waals surface area contributed by atoms with E-state index in [0.29, 0.717) is 0 Å². The van der Waals surface area contributed by atoms with E-state index in [1.165, 1.54) is 14.0 Å².